The molecule has 0 saturated heterocycles. The monoisotopic (exact) mass is 172 g/mol. The van der Waals surface area contributed by atoms with Gasteiger partial charge in [0.05, 0.1) is 0 Å². The van der Waals surface area contributed by atoms with Crippen molar-refractivity contribution < 1.29 is 0 Å². The molecule has 0 bridgehead atoms. The molecular weight excluding hydrogens is 151 g/mol. The van der Waals surface area contributed by atoms with Gasteiger partial charge in [0.1, 0.15) is 0 Å². The second kappa shape index (κ2) is 3.90. The highest BCUT2D eigenvalue weighted by molar-refractivity contribution is 7.19. The Kier molecular flexibility index (Phi) is 3.37. The van der Waals surface area contributed by atoms with Gasteiger partial charge in [0.2, 0.25) is 0 Å². The Bertz CT molecular complexity index is 122. The quantitative estimate of drug-likeness (QED) is 0.558. The van der Waals surface area contributed by atoms with E-state index >= 15 is 0 Å². The zero-order valence-electron chi connectivity index (χ0n) is 7.90. The van der Waals surface area contributed by atoms with E-state index in [1.54, 1.807) is 0 Å². The average molecular weight is 172 g/mol. The van der Waals surface area contributed by atoms with Gasteiger partial charge >= 0.3 is 0 Å². The van der Waals surface area contributed by atoms with Crippen molar-refractivity contribution in [3.8, 4) is 0 Å². The van der Waals surface area contributed by atoms with E-state index in [0.717, 1.165) is 5.92 Å². The first-order chi connectivity index (χ1) is 5.23. The fraction of sp³-hybridized carbons (Fsp3) is 1.00. The molecule has 1 aliphatic rings. The van der Waals surface area contributed by atoms with Crippen molar-refractivity contribution in [2.24, 2.45) is 5.92 Å². The molecule has 0 N–H and O–H groups in total. The second-order valence-corrected chi connectivity index (χ2v) is 5.09. The van der Waals surface area contributed by atoms with Crippen molar-refractivity contribution in [1.82, 2.24) is 0 Å². The summed E-state index contributed by atoms with van der Waals surface area (Å²) in [7, 11) is 3.12. The molecule has 0 nitrogen and oxygen atoms in total. The Balaban J connectivity index is 2.57. The molecule has 1 aliphatic carbocycles. The SMILES string of the molecule is CCC1CCCCC1(P)CC. The van der Waals surface area contributed by atoms with E-state index in [2.05, 4.69) is 23.1 Å². The summed E-state index contributed by atoms with van der Waals surface area (Å²) in [6.45, 7) is 4.67. The zero-order chi connectivity index (χ0) is 8.32. The predicted molar refractivity (Wildman–Crippen MR) is 55.0 cm³/mol. The molecule has 0 amide bonds. The van der Waals surface area contributed by atoms with Gasteiger partial charge in [-0.25, -0.2) is 0 Å². The Morgan fingerprint density at radius 2 is 2.09 bits per heavy atom. The van der Waals surface area contributed by atoms with Crippen molar-refractivity contribution in [3.05, 3.63) is 0 Å². The highest BCUT2D eigenvalue weighted by Crippen LogP contribution is 2.44. The number of hydrogen-bond donors (Lipinski definition) is 0. The van der Waals surface area contributed by atoms with E-state index in [1.165, 1.54) is 38.5 Å². The third-order valence-corrected chi connectivity index (χ3v) is 4.58. The van der Waals surface area contributed by atoms with E-state index in [1.807, 2.05) is 0 Å². The van der Waals surface area contributed by atoms with Crippen LogP contribution in [0.1, 0.15) is 52.4 Å². The molecule has 1 fully saturated rings. The van der Waals surface area contributed by atoms with Gasteiger partial charge in [-0.3, -0.25) is 0 Å². The molecule has 0 heterocycles. The summed E-state index contributed by atoms with van der Waals surface area (Å²) < 4.78 is 0. The van der Waals surface area contributed by atoms with Gasteiger partial charge in [0.25, 0.3) is 0 Å². The Morgan fingerprint density at radius 3 is 2.55 bits per heavy atom. The third-order valence-electron chi connectivity index (χ3n) is 3.41. The van der Waals surface area contributed by atoms with E-state index in [4.69, 9.17) is 0 Å². The van der Waals surface area contributed by atoms with Crippen LogP contribution in [0.2, 0.25) is 0 Å². The maximum atomic E-state index is 3.12. The van der Waals surface area contributed by atoms with Crippen LogP contribution >= 0.6 is 9.24 Å². The van der Waals surface area contributed by atoms with Crippen LogP contribution in [0.25, 0.3) is 0 Å². The molecule has 0 aromatic carbocycles. The minimum atomic E-state index is 0.604. The highest BCUT2D eigenvalue weighted by atomic mass is 31.0. The van der Waals surface area contributed by atoms with E-state index in [0.29, 0.717) is 5.16 Å². The van der Waals surface area contributed by atoms with Gasteiger partial charge in [-0.2, -0.15) is 0 Å². The lowest BCUT2D eigenvalue weighted by atomic mass is 9.75. The molecule has 11 heavy (non-hydrogen) atoms. The summed E-state index contributed by atoms with van der Waals surface area (Å²) in [4.78, 5) is 0. The normalized spacial score (nSPS) is 39.0. The van der Waals surface area contributed by atoms with Crippen LogP contribution in [0.4, 0.5) is 0 Å². The van der Waals surface area contributed by atoms with E-state index < -0.39 is 0 Å². The molecular formula is C10H21P. The van der Waals surface area contributed by atoms with Gasteiger partial charge in [-0.1, -0.05) is 33.1 Å². The van der Waals surface area contributed by atoms with Crippen molar-refractivity contribution in [2.75, 3.05) is 0 Å². The summed E-state index contributed by atoms with van der Waals surface area (Å²) in [5.74, 6) is 0.978. The van der Waals surface area contributed by atoms with Crippen LogP contribution in [0.5, 0.6) is 0 Å². The van der Waals surface area contributed by atoms with Crippen molar-refractivity contribution in [3.63, 3.8) is 0 Å². The predicted octanol–water partition coefficient (Wildman–Crippen LogP) is 3.61. The minimum absolute atomic E-state index is 0.604. The standard InChI is InChI=1S/C10H21P/c1-3-9-7-5-6-8-10(9,11)4-2/h9H,3-8,11H2,1-2H3. The van der Waals surface area contributed by atoms with Gasteiger partial charge in [0, 0.05) is 0 Å². The van der Waals surface area contributed by atoms with Crippen LogP contribution in [0.15, 0.2) is 0 Å². The van der Waals surface area contributed by atoms with Gasteiger partial charge in [-0.05, 0) is 30.3 Å². The third kappa shape index (κ3) is 1.96. The van der Waals surface area contributed by atoms with E-state index in [9.17, 15) is 0 Å². The molecule has 0 aromatic heterocycles. The number of hydrogen-bond acceptors (Lipinski definition) is 0. The lowest BCUT2D eigenvalue weighted by Gasteiger charge is -2.40. The lowest BCUT2D eigenvalue weighted by Crippen LogP contribution is -2.33. The average Bonchev–Trinajstić information content (AvgIpc) is 2.05. The Morgan fingerprint density at radius 1 is 1.36 bits per heavy atom. The minimum Gasteiger partial charge on any atom is -0.131 e. The van der Waals surface area contributed by atoms with Crippen LogP contribution in [-0.2, 0) is 0 Å². The van der Waals surface area contributed by atoms with Crippen LogP contribution in [0.3, 0.4) is 0 Å². The van der Waals surface area contributed by atoms with Crippen LogP contribution in [-0.4, -0.2) is 5.16 Å². The van der Waals surface area contributed by atoms with Gasteiger partial charge < -0.3 is 0 Å². The van der Waals surface area contributed by atoms with Gasteiger partial charge in [0.15, 0.2) is 0 Å². The summed E-state index contributed by atoms with van der Waals surface area (Å²) in [5.41, 5.74) is 0. The zero-order valence-corrected chi connectivity index (χ0v) is 9.05. The lowest BCUT2D eigenvalue weighted by molar-refractivity contribution is 0.258. The summed E-state index contributed by atoms with van der Waals surface area (Å²) in [6, 6.07) is 0. The maximum absolute atomic E-state index is 3.12. The van der Waals surface area contributed by atoms with Crippen LogP contribution < -0.4 is 0 Å². The Labute approximate surface area is 73.3 Å². The van der Waals surface area contributed by atoms with Crippen LogP contribution in [0, 0.1) is 5.92 Å². The smallest absolute Gasteiger partial charge is 0.0125 e. The summed E-state index contributed by atoms with van der Waals surface area (Å²) in [6.07, 6.45) is 8.54. The molecule has 1 rings (SSSR count). The van der Waals surface area contributed by atoms with Crippen molar-refractivity contribution in [1.29, 1.82) is 0 Å². The Hall–Kier alpha value is 0.430. The molecule has 66 valence electrons. The topological polar surface area (TPSA) is 0 Å². The van der Waals surface area contributed by atoms with Crippen molar-refractivity contribution in [2.45, 2.75) is 57.5 Å². The fourth-order valence-electron chi connectivity index (χ4n) is 2.41. The first kappa shape index (κ1) is 9.52. The summed E-state index contributed by atoms with van der Waals surface area (Å²) in [5, 5.41) is 0.604. The molecule has 0 aromatic rings. The second-order valence-electron chi connectivity index (χ2n) is 3.94. The summed E-state index contributed by atoms with van der Waals surface area (Å²) >= 11 is 0. The van der Waals surface area contributed by atoms with E-state index in [-0.39, 0.29) is 0 Å². The molecule has 0 spiro atoms. The molecule has 0 radical (unpaired) electrons. The molecule has 3 atom stereocenters. The largest absolute Gasteiger partial charge is 0.131 e. The van der Waals surface area contributed by atoms with Gasteiger partial charge in [-0.15, -0.1) is 9.24 Å². The highest BCUT2D eigenvalue weighted by Gasteiger charge is 2.33. The fourth-order valence-corrected chi connectivity index (χ4v) is 3.02. The number of rotatable bonds is 2. The molecule has 1 heteroatoms. The molecule has 3 unspecified atom stereocenters. The first-order valence-corrected chi connectivity index (χ1v) is 5.59. The molecule has 0 aliphatic heterocycles. The first-order valence-electron chi connectivity index (χ1n) is 5.02. The molecule has 1 saturated carbocycles. The van der Waals surface area contributed by atoms with Crippen molar-refractivity contribution >= 4 is 9.24 Å². The maximum Gasteiger partial charge on any atom is -0.0125 e.